The van der Waals surface area contributed by atoms with Crippen molar-refractivity contribution in [2.24, 2.45) is 7.05 Å². The molecule has 0 saturated heterocycles. The number of hydrogen-bond acceptors (Lipinski definition) is 4. The summed E-state index contributed by atoms with van der Waals surface area (Å²) < 4.78 is 47.9. The lowest BCUT2D eigenvalue weighted by molar-refractivity contribution is -0.153. The Morgan fingerprint density at radius 3 is 2.50 bits per heavy atom. The fourth-order valence-electron chi connectivity index (χ4n) is 1.40. The number of aryl methyl sites for hydroxylation is 1. The molecule has 2 rings (SSSR count). The van der Waals surface area contributed by atoms with E-state index >= 15 is 0 Å². The van der Waals surface area contributed by atoms with Gasteiger partial charge in [0.1, 0.15) is 24.4 Å². The molecule has 20 heavy (non-hydrogen) atoms. The summed E-state index contributed by atoms with van der Waals surface area (Å²) in [5.74, 6) is 1.09. The largest absolute Gasteiger partial charge is 0.485 e. The molecule has 1 aromatic carbocycles. The van der Waals surface area contributed by atoms with Crippen molar-refractivity contribution in [3.8, 4) is 11.5 Å². The molecule has 0 atom stereocenters. The predicted octanol–water partition coefficient (Wildman–Crippen LogP) is 2.34. The minimum Gasteiger partial charge on any atom is -0.485 e. The van der Waals surface area contributed by atoms with E-state index in [1.54, 1.807) is 23.7 Å². The Morgan fingerprint density at radius 1 is 1.20 bits per heavy atom. The zero-order valence-corrected chi connectivity index (χ0v) is 10.6. The van der Waals surface area contributed by atoms with E-state index in [-0.39, 0.29) is 12.4 Å². The van der Waals surface area contributed by atoms with Crippen LogP contribution in [0.5, 0.6) is 11.5 Å². The Morgan fingerprint density at radius 2 is 1.90 bits per heavy atom. The summed E-state index contributed by atoms with van der Waals surface area (Å²) >= 11 is 0. The number of nitrogens with zero attached hydrogens (tertiary/aromatic N) is 3. The molecule has 0 amide bonds. The molecule has 8 heteroatoms. The van der Waals surface area contributed by atoms with Crippen LogP contribution in [0.2, 0.25) is 0 Å². The van der Waals surface area contributed by atoms with E-state index in [9.17, 15) is 13.2 Å². The maximum Gasteiger partial charge on any atom is 0.422 e. The maximum atomic E-state index is 12.0. The van der Waals surface area contributed by atoms with E-state index in [4.69, 9.17) is 4.74 Å². The van der Waals surface area contributed by atoms with E-state index in [0.29, 0.717) is 11.6 Å². The summed E-state index contributed by atoms with van der Waals surface area (Å²) in [6.07, 6.45) is -2.84. The van der Waals surface area contributed by atoms with Crippen LogP contribution in [0, 0.1) is 0 Å². The van der Waals surface area contributed by atoms with Gasteiger partial charge in [0.2, 0.25) is 0 Å². The topological polar surface area (TPSA) is 49.2 Å². The first kappa shape index (κ1) is 14.2. The smallest absolute Gasteiger partial charge is 0.422 e. The molecule has 0 radical (unpaired) electrons. The minimum absolute atomic E-state index is 0.0952. The van der Waals surface area contributed by atoms with Gasteiger partial charge in [-0.05, 0) is 12.1 Å². The molecular weight excluding hydrogens is 275 g/mol. The highest BCUT2D eigenvalue weighted by Gasteiger charge is 2.28. The van der Waals surface area contributed by atoms with Crippen molar-refractivity contribution < 1.29 is 22.6 Å². The van der Waals surface area contributed by atoms with E-state index in [1.165, 1.54) is 18.5 Å². The molecule has 0 aliphatic rings. The van der Waals surface area contributed by atoms with Crippen molar-refractivity contribution in [1.29, 1.82) is 0 Å². The van der Waals surface area contributed by atoms with Crippen molar-refractivity contribution in [3.05, 3.63) is 36.4 Å². The van der Waals surface area contributed by atoms with Crippen LogP contribution in [-0.2, 0) is 13.7 Å². The van der Waals surface area contributed by atoms with Gasteiger partial charge in [-0.3, -0.25) is 0 Å². The molecule has 0 unspecified atom stereocenters. The second kappa shape index (κ2) is 5.81. The van der Waals surface area contributed by atoms with Gasteiger partial charge in [0.05, 0.1) is 0 Å². The average Bonchev–Trinajstić information content (AvgIpc) is 2.79. The van der Waals surface area contributed by atoms with Gasteiger partial charge in [0.15, 0.2) is 12.4 Å². The van der Waals surface area contributed by atoms with Crippen LogP contribution in [0.15, 0.2) is 30.6 Å². The first-order chi connectivity index (χ1) is 9.44. The number of hydrogen-bond donors (Lipinski definition) is 0. The predicted molar refractivity (Wildman–Crippen MR) is 63.3 cm³/mol. The molecular formula is C12H12F3N3O2. The lowest BCUT2D eigenvalue weighted by Gasteiger charge is -2.10. The molecule has 0 N–H and O–H groups in total. The molecule has 2 aromatic rings. The molecule has 0 aliphatic heterocycles. The average molecular weight is 287 g/mol. The molecule has 0 aliphatic carbocycles. The van der Waals surface area contributed by atoms with Crippen LogP contribution >= 0.6 is 0 Å². The third-order valence-corrected chi connectivity index (χ3v) is 2.38. The number of rotatable bonds is 5. The quantitative estimate of drug-likeness (QED) is 0.847. The fourth-order valence-corrected chi connectivity index (χ4v) is 1.40. The van der Waals surface area contributed by atoms with Crippen LogP contribution in [0.1, 0.15) is 5.82 Å². The van der Waals surface area contributed by atoms with Crippen LogP contribution in [0.3, 0.4) is 0 Å². The second-order valence-corrected chi connectivity index (χ2v) is 4.03. The highest BCUT2D eigenvalue weighted by Crippen LogP contribution is 2.23. The second-order valence-electron chi connectivity index (χ2n) is 4.03. The Hall–Kier alpha value is -2.25. The lowest BCUT2D eigenvalue weighted by Crippen LogP contribution is -2.19. The van der Waals surface area contributed by atoms with Gasteiger partial charge in [0, 0.05) is 13.1 Å². The number of alkyl halides is 3. The Bertz CT molecular complexity index is 569. The van der Waals surface area contributed by atoms with Gasteiger partial charge in [-0.1, -0.05) is 6.07 Å². The van der Waals surface area contributed by atoms with Crippen LogP contribution in [0.25, 0.3) is 0 Å². The van der Waals surface area contributed by atoms with E-state index in [0.717, 1.165) is 0 Å². The summed E-state index contributed by atoms with van der Waals surface area (Å²) in [7, 11) is 1.77. The monoisotopic (exact) mass is 287 g/mol. The number of halogens is 3. The van der Waals surface area contributed by atoms with Crippen molar-refractivity contribution in [2.75, 3.05) is 6.61 Å². The molecule has 108 valence electrons. The molecule has 5 nitrogen and oxygen atoms in total. The van der Waals surface area contributed by atoms with E-state index < -0.39 is 12.8 Å². The van der Waals surface area contributed by atoms with E-state index in [2.05, 4.69) is 14.9 Å². The number of ether oxygens (including phenoxy) is 2. The van der Waals surface area contributed by atoms with Gasteiger partial charge in [-0.25, -0.2) is 0 Å². The van der Waals surface area contributed by atoms with Gasteiger partial charge in [-0.2, -0.15) is 13.2 Å². The third-order valence-electron chi connectivity index (χ3n) is 2.38. The maximum absolute atomic E-state index is 12.0. The van der Waals surface area contributed by atoms with Crippen molar-refractivity contribution in [1.82, 2.24) is 14.8 Å². The van der Waals surface area contributed by atoms with Gasteiger partial charge in [-0.15, -0.1) is 10.2 Å². The third kappa shape index (κ3) is 4.15. The first-order valence-corrected chi connectivity index (χ1v) is 5.69. The Labute approximate surface area is 112 Å². The van der Waals surface area contributed by atoms with Crippen molar-refractivity contribution >= 4 is 0 Å². The molecule has 0 saturated carbocycles. The number of benzene rings is 1. The standard InChI is InChI=1S/C12H12F3N3O2/c1-18-8-16-17-11(18)6-19-9-3-2-4-10(5-9)20-7-12(13,14)15/h2-5,8H,6-7H2,1H3. The Balaban J connectivity index is 1.94. The summed E-state index contributed by atoms with van der Waals surface area (Å²) in [6, 6.07) is 6.00. The summed E-state index contributed by atoms with van der Waals surface area (Å²) in [6.45, 7) is -1.17. The minimum atomic E-state index is -4.37. The molecule has 0 fully saturated rings. The van der Waals surface area contributed by atoms with Gasteiger partial charge in [0.25, 0.3) is 0 Å². The van der Waals surface area contributed by atoms with Crippen LogP contribution in [0.4, 0.5) is 13.2 Å². The summed E-state index contributed by atoms with van der Waals surface area (Å²) in [5.41, 5.74) is 0. The molecule has 0 bridgehead atoms. The zero-order chi connectivity index (χ0) is 14.6. The molecule has 1 heterocycles. The lowest BCUT2D eigenvalue weighted by atomic mass is 10.3. The van der Waals surface area contributed by atoms with E-state index in [1.807, 2.05) is 0 Å². The fraction of sp³-hybridized carbons (Fsp3) is 0.333. The zero-order valence-electron chi connectivity index (χ0n) is 10.6. The van der Waals surface area contributed by atoms with Gasteiger partial charge < -0.3 is 14.0 Å². The highest BCUT2D eigenvalue weighted by atomic mass is 19.4. The first-order valence-electron chi connectivity index (χ1n) is 5.69. The Kier molecular flexibility index (Phi) is 4.11. The van der Waals surface area contributed by atoms with Gasteiger partial charge >= 0.3 is 6.18 Å². The SMILES string of the molecule is Cn1cnnc1COc1cccc(OCC(F)(F)F)c1. The summed E-state index contributed by atoms with van der Waals surface area (Å²) in [5, 5.41) is 7.52. The highest BCUT2D eigenvalue weighted by molar-refractivity contribution is 5.33. The van der Waals surface area contributed by atoms with Crippen molar-refractivity contribution in [3.63, 3.8) is 0 Å². The molecule has 0 spiro atoms. The van der Waals surface area contributed by atoms with Crippen molar-refractivity contribution in [2.45, 2.75) is 12.8 Å². The van der Waals surface area contributed by atoms with Crippen LogP contribution < -0.4 is 9.47 Å². The number of aromatic nitrogens is 3. The van der Waals surface area contributed by atoms with Crippen LogP contribution in [-0.4, -0.2) is 27.5 Å². The summed E-state index contributed by atoms with van der Waals surface area (Å²) in [4.78, 5) is 0. The normalized spacial score (nSPS) is 11.4. The molecule has 1 aromatic heterocycles.